The Morgan fingerprint density at radius 2 is 2.00 bits per heavy atom. The third kappa shape index (κ3) is 1.72. The standard InChI is InChI=1S/C8H9FN2O/c9-6-11(8(10)12)7-4-2-1-3-5-7/h1-5H,6H2,(H2,10,12). The number of hydrogen-bond acceptors (Lipinski definition) is 1. The van der Waals surface area contributed by atoms with Crippen molar-refractivity contribution in [2.24, 2.45) is 5.73 Å². The summed E-state index contributed by atoms with van der Waals surface area (Å²) in [5.74, 6) is 0. The minimum Gasteiger partial charge on any atom is -0.351 e. The quantitative estimate of drug-likeness (QED) is 0.668. The molecule has 12 heavy (non-hydrogen) atoms. The summed E-state index contributed by atoms with van der Waals surface area (Å²) < 4.78 is 12.2. The monoisotopic (exact) mass is 168 g/mol. The van der Waals surface area contributed by atoms with E-state index in [1.54, 1.807) is 30.3 Å². The van der Waals surface area contributed by atoms with Crippen molar-refractivity contribution in [2.45, 2.75) is 0 Å². The molecule has 1 aromatic rings. The van der Waals surface area contributed by atoms with Gasteiger partial charge in [0.05, 0.1) is 0 Å². The molecular formula is C8H9FN2O. The number of halogens is 1. The molecule has 0 spiro atoms. The highest BCUT2D eigenvalue weighted by Gasteiger charge is 2.09. The molecule has 2 amide bonds. The molecule has 4 heteroatoms. The van der Waals surface area contributed by atoms with Crippen LogP contribution < -0.4 is 10.6 Å². The molecule has 1 rings (SSSR count). The SMILES string of the molecule is NC(=O)N(CF)c1ccccc1. The maximum Gasteiger partial charge on any atom is 0.321 e. The lowest BCUT2D eigenvalue weighted by atomic mass is 10.3. The molecule has 0 fully saturated rings. The molecule has 0 bridgehead atoms. The molecule has 1 aromatic carbocycles. The largest absolute Gasteiger partial charge is 0.351 e. The zero-order valence-corrected chi connectivity index (χ0v) is 6.40. The maximum absolute atomic E-state index is 12.2. The van der Waals surface area contributed by atoms with Crippen molar-refractivity contribution in [3.05, 3.63) is 30.3 Å². The molecule has 0 aliphatic rings. The Labute approximate surface area is 69.6 Å². The summed E-state index contributed by atoms with van der Waals surface area (Å²) in [4.78, 5) is 11.5. The topological polar surface area (TPSA) is 46.3 Å². The Kier molecular flexibility index (Phi) is 2.63. The van der Waals surface area contributed by atoms with Crippen LogP contribution in [-0.4, -0.2) is 12.8 Å². The van der Waals surface area contributed by atoms with Crippen molar-refractivity contribution in [2.75, 3.05) is 11.7 Å². The second-order valence-electron chi connectivity index (χ2n) is 2.22. The number of para-hydroxylation sites is 1. The Hall–Kier alpha value is -1.58. The molecule has 0 saturated heterocycles. The van der Waals surface area contributed by atoms with Gasteiger partial charge < -0.3 is 5.73 Å². The maximum atomic E-state index is 12.2. The van der Waals surface area contributed by atoms with Gasteiger partial charge in [-0.2, -0.15) is 0 Å². The van der Waals surface area contributed by atoms with E-state index in [2.05, 4.69) is 0 Å². The lowest BCUT2D eigenvalue weighted by Crippen LogP contribution is -2.34. The van der Waals surface area contributed by atoms with E-state index in [0.717, 1.165) is 4.90 Å². The van der Waals surface area contributed by atoms with Crippen LogP contribution in [-0.2, 0) is 0 Å². The molecule has 0 atom stereocenters. The molecule has 0 saturated carbocycles. The van der Waals surface area contributed by atoms with Gasteiger partial charge in [0.25, 0.3) is 0 Å². The molecule has 2 N–H and O–H groups in total. The van der Waals surface area contributed by atoms with Crippen LogP contribution in [0.3, 0.4) is 0 Å². The average Bonchev–Trinajstić information content (AvgIpc) is 2.07. The van der Waals surface area contributed by atoms with Gasteiger partial charge in [-0.1, -0.05) is 18.2 Å². The van der Waals surface area contributed by atoms with Gasteiger partial charge in [0.2, 0.25) is 0 Å². The number of nitrogens with two attached hydrogens (primary N) is 1. The van der Waals surface area contributed by atoms with Crippen molar-refractivity contribution in [1.82, 2.24) is 0 Å². The Morgan fingerprint density at radius 1 is 1.42 bits per heavy atom. The normalized spacial score (nSPS) is 9.42. The summed E-state index contributed by atoms with van der Waals surface area (Å²) in [5, 5.41) is 0. The fourth-order valence-electron chi connectivity index (χ4n) is 0.863. The lowest BCUT2D eigenvalue weighted by molar-refractivity contribution is 0.251. The first-order valence-electron chi connectivity index (χ1n) is 3.43. The first kappa shape index (κ1) is 8.52. The number of rotatable bonds is 2. The van der Waals surface area contributed by atoms with E-state index in [-0.39, 0.29) is 0 Å². The predicted molar refractivity (Wildman–Crippen MR) is 44.5 cm³/mol. The number of primary amides is 1. The van der Waals surface area contributed by atoms with Gasteiger partial charge in [0, 0.05) is 5.69 Å². The summed E-state index contributed by atoms with van der Waals surface area (Å²) >= 11 is 0. The number of hydrogen-bond donors (Lipinski definition) is 1. The molecule has 64 valence electrons. The molecular weight excluding hydrogens is 159 g/mol. The highest BCUT2D eigenvalue weighted by atomic mass is 19.1. The van der Waals surface area contributed by atoms with Gasteiger partial charge in [-0.3, -0.25) is 4.90 Å². The van der Waals surface area contributed by atoms with Crippen LogP contribution in [0.5, 0.6) is 0 Å². The summed E-state index contributed by atoms with van der Waals surface area (Å²) in [5.41, 5.74) is 5.39. The second kappa shape index (κ2) is 3.71. The van der Waals surface area contributed by atoms with E-state index in [0.29, 0.717) is 5.69 Å². The molecule has 0 aliphatic carbocycles. The number of carbonyl (C=O) groups excluding carboxylic acids is 1. The van der Waals surface area contributed by atoms with Gasteiger partial charge in [-0.05, 0) is 12.1 Å². The number of amides is 2. The van der Waals surface area contributed by atoms with Gasteiger partial charge in [-0.15, -0.1) is 0 Å². The van der Waals surface area contributed by atoms with Crippen molar-refractivity contribution in [3.63, 3.8) is 0 Å². The Balaban J connectivity index is 2.88. The Morgan fingerprint density at radius 3 is 2.42 bits per heavy atom. The van der Waals surface area contributed by atoms with E-state index in [1.165, 1.54) is 0 Å². The fourth-order valence-corrected chi connectivity index (χ4v) is 0.863. The van der Waals surface area contributed by atoms with Crippen LogP contribution in [0.25, 0.3) is 0 Å². The zero-order valence-electron chi connectivity index (χ0n) is 6.40. The van der Waals surface area contributed by atoms with Crippen molar-refractivity contribution < 1.29 is 9.18 Å². The Bertz CT molecular complexity index is 263. The van der Waals surface area contributed by atoms with Crippen LogP contribution in [0.15, 0.2) is 30.3 Å². The van der Waals surface area contributed by atoms with E-state index in [4.69, 9.17) is 5.73 Å². The van der Waals surface area contributed by atoms with Gasteiger partial charge in [-0.25, -0.2) is 9.18 Å². The van der Waals surface area contributed by atoms with Crippen LogP contribution in [0.4, 0.5) is 14.9 Å². The summed E-state index contributed by atoms with van der Waals surface area (Å²) in [6.45, 7) is -0.903. The van der Waals surface area contributed by atoms with E-state index in [9.17, 15) is 9.18 Å². The van der Waals surface area contributed by atoms with Crippen LogP contribution in [0.1, 0.15) is 0 Å². The average molecular weight is 168 g/mol. The van der Waals surface area contributed by atoms with Crippen LogP contribution >= 0.6 is 0 Å². The fraction of sp³-hybridized carbons (Fsp3) is 0.125. The summed E-state index contributed by atoms with van der Waals surface area (Å²) in [7, 11) is 0. The third-order valence-electron chi connectivity index (χ3n) is 1.45. The molecule has 0 unspecified atom stereocenters. The highest BCUT2D eigenvalue weighted by molar-refractivity contribution is 5.90. The lowest BCUT2D eigenvalue weighted by Gasteiger charge is -2.15. The predicted octanol–water partition coefficient (Wildman–Crippen LogP) is 1.50. The summed E-state index contributed by atoms with van der Waals surface area (Å²) in [6, 6.07) is 7.64. The van der Waals surface area contributed by atoms with Crippen LogP contribution in [0, 0.1) is 0 Å². The third-order valence-corrected chi connectivity index (χ3v) is 1.45. The minimum absolute atomic E-state index is 0.465. The smallest absolute Gasteiger partial charge is 0.321 e. The van der Waals surface area contributed by atoms with Crippen molar-refractivity contribution >= 4 is 11.7 Å². The first-order valence-corrected chi connectivity index (χ1v) is 3.43. The van der Waals surface area contributed by atoms with Gasteiger partial charge in [0.1, 0.15) is 0 Å². The number of alkyl halides is 1. The number of urea groups is 1. The first-order chi connectivity index (χ1) is 5.75. The number of nitrogens with zero attached hydrogens (tertiary/aromatic N) is 1. The number of carbonyl (C=O) groups is 1. The number of benzene rings is 1. The van der Waals surface area contributed by atoms with E-state index >= 15 is 0 Å². The molecule has 0 aromatic heterocycles. The second-order valence-corrected chi connectivity index (χ2v) is 2.22. The highest BCUT2D eigenvalue weighted by Crippen LogP contribution is 2.12. The molecule has 0 radical (unpaired) electrons. The van der Waals surface area contributed by atoms with Gasteiger partial charge >= 0.3 is 6.03 Å². The van der Waals surface area contributed by atoms with Crippen LogP contribution in [0.2, 0.25) is 0 Å². The molecule has 0 heterocycles. The van der Waals surface area contributed by atoms with Crippen molar-refractivity contribution in [1.29, 1.82) is 0 Å². The molecule has 3 nitrogen and oxygen atoms in total. The zero-order chi connectivity index (χ0) is 8.97. The van der Waals surface area contributed by atoms with Crippen molar-refractivity contribution in [3.8, 4) is 0 Å². The number of anilines is 1. The van der Waals surface area contributed by atoms with E-state index < -0.39 is 12.8 Å². The minimum atomic E-state index is -0.903. The van der Waals surface area contributed by atoms with E-state index in [1.807, 2.05) is 0 Å². The summed E-state index contributed by atoms with van der Waals surface area (Å²) in [6.07, 6.45) is 0. The van der Waals surface area contributed by atoms with Gasteiger partial charge in [0.15, 0.2) is 6.80 Å². The molecule has 0 aliphatic heterocycles.